The summed E-state index contributed by atoms with van der Waals surface area (Å²) in [5.74, 6) is 0.526. The van der Waals surface area contributed by atoms with Crippen LogP contribution in [0.4, 0.5) is 10.5 Å². The average Bonchev–Trinajstić information content (AvgIpc) is 3.32. The van der Waals surface area contributed by atoms with Crippen molar-refractivity contribution < 1.29 is 14.3 Å². The van der Waals surface area contributed by atoms with Crippen LogP contribution in [-0.4, -0.2) is 52.0 Å². The van der Waals surface area contributed by atoms with Crippen LogP contribution in [0.25, 0.3) is 0 Å². The molecule has 4 rings (SSSR count). The van der Waals surface area contributed by atoms with E-state index < -0.39 is 0 Å². The number of para-hydroxylation sites is 2. The second-order valence-electron chi connectivity index (χ2n) is 8.61. The molecule has 34 heavy (non-hydrogen) atoms. The van der Waals surface area contributed by atoms with E-state index in [9.17, 15) is 9.59 Å². The van der Waals surface area contributed by atoms with Crippen molar-refractivity contribution in [2.45, 2.75) is 39.4 Å². The summed E-state index contributed by atoms with van der Waals surface area (Å²) in [6.07, 6.45) is 2.05. The molecule has 1 aliphatic rings. The highest BCUT2D eigenvalue weighted by atomic mass is 16.5. The van der Waals surface area contributed by atoms with Crippen LogP contribution in [0.15, 0.2) is 72.9 Å². The molecule has 1 aliphatic heterocycles. The van der Waals surface area contributed by atoms with Gasteiger partial charge in [0.25, 0.3) is 0 Å². The molecule has 0 bridgehead atoms. The highest BCUT2D eigenvalue weighted by Gasteiger charge is 2.34. The smallest absolute Gasteiger partial charge is 0.322 e. The largest absolute Gasteiger partial charge is 0.492 e. The summed E-state index contributed by atoms with van der Waals surface area (Å²) < 4.78 is 7.83. The zero-order valence-corrected chi connectivity index (χ0v) is 20.0. The minimum atomic E-state index is -0.327. The van der Waals surface area contributed by atoms with Gasteiger partial charge in [0.05, 0.1) is 18.3 Å². The van der Waals surface area contributed by atoms with Crippen LogP contribution in [0.3, 0.4) is 0 Å². The summed E-state index contributed by atoms with van der Waals surface area (Å²) in [7, 11) is 0. The third kappa shape index (κ3) is 4.93. The number of urea groups is 1. The van der Waals surface area contributed by atoms with Gasteiger partial charge >= 0.3 is 6.03 Å². The van der Waals surface area contributed by atoms with E-state index in [1.54, 1.807) is 11.0 Å². The van der Waals surface area contributed by atoms with Crippen molar-refractivity contribution in [3.8, 4) is 5.75 Å². The monoisotopic (exact) mass is 460 g/mol. The molecule has 0 saturated heterocycles. The Morgan fingerprint density at radius 3 is 2.50 bits per heavy atom. The van der Waals surface area contributed by atoms with Crippen LogP contribution < -0.4 is 10.1 Å². The maximum absolute atomic E-state index is 13.6. The first-order valence-electron chi connectivity index (χ1n) is 11.8. The summed E-state index contributed by atoms with van der Waals surface area (Å²) >= 11 is 0. The van der Waals surface area contributed by atoms with Crippen molar-refractivity contribution >= 4 is 17.6 Å². The lowest BCUT2D eigenvalue weighted by Crippen LogP contribution is -2.50. The molecule has 7 nitrogen and oxygen atoms in total. The Hall–Kier alpha value is -3.74. The van der Waals surface area contributed by atoms with E-state index in [0.29, 0.717) is 24.6 Å². The van der Waals surface area contributed by atoms with Gasteiger partial charge < -0.3 is 24.4 Å². The number of benzene rings is 2. The lowest BCUT2D eigenvalue weighted by molar-refractivity contribution is -0.134. The summed E-state index contributed by atoms with van der Waals surface area (Å²) in [6, 6.07) is 20.8. The van der Waals surface area contributed by atoms with E-state index >= 15 is 0 Å². The predicted molar refractivity (Wildman–Crippen MR) is 133 cm³/mol. The Kier molecular flexibility index (Phi) is 7.21. The lowest BCUT2D eigenvalue weighted by Gasteiger charge is -2.39. The Bertz CT molecular complexity index is 1130. The summed E-state index contributed by atoms with van der Waals surface area (Å²) in [5, 5.41) is 2.93. The van der Waals surface area contributed by atoms with Gasteiger partial charge in [-0.15, -0.1) is 0 Å². The SMILES string of the molecule is CCOc1ccccc1NC(=O)N(CC(=O)N1CCn2cccc2C1c1ccccc1)C(C)C. The molecular formula is C27H32N4O3. The molecule has 3 amide bonds. The van der Waals surface area contributed by atoms with Crippen molar-refractivity contribution in [2.75, 3.05) is 25.0 Å². The van der Waals surface area contributed by atoms with Gasteiger partial charge in [-0.05, 0) is 50.6 Å². The fourth-order valence-electron chi connectivity index (χ4n) is 4.40. The van der Waals surface area contributed by atoms with Crippen molar-refractivity contribution in [3.05, 3.63) is 84.2 Å². The number of fused-ring (bicyclic) bond motifs is 1. The van der Waals surface area contributed by atoms with Crippen LogP contribution in [-0.2, 0) is 11.3 Å². The molecule has 0 saturated carbocycles. The predicted octanol–water partition coefficient (Wildman–Crippen LogP) is 4.76. The van der Waals surface area contributed by atoms with Gasteiger partial charge in [-0.1, -0.05) is 42.5 Å². The van der Waals surface area contributed by atoms with Crippen LogP contribution in [0.2, 0.25) is 0 Å². The number of carbonyl (C=O) groups is 2. The minimum Gasteiger partial charge on any atom is -0.492 e. The minimum absolute atomic E-state index is 0.00958. The third-order valence-electron chi connectivity index (χ3n) is 6.09. The number of amides is 3. The number of nitrogens with one attached hydrogen (secondary N) is 1. The maximum Gasteiger partial charge on any atom is 0.322 e. The van der Waals surface area contributed by atoms with Crippen molar-refractivity contribution in [1.82, 2.24) is 14.4 Å². The Morgan fingerprint density at radius 2 is 1.76 bits per heavy atom. The van der Waals surface area contributed by atoms with E-state index in [2.05, 4.69) is 22.1 Å². The third-order valence-corrected chi connectivity index (χ3v) is 6.09. The molecule has 1 aromatic heterocycles. The quantitative estimate of drug-likeness (QED) is 0.553. The zero-order chi connectivity index (χ0) is 24.1. The van der Waals surface area contributed by atoms with E-state index in [4.69, 9.17) is 4.74 Å². The number of ether oxygens (including phenoxy) is 1. The summed E-state index contributed by atoms with van der Waals surface area (Å²) in [6.45, 7) is 7.53. The van der Waals surface area contributed by atoms with Gasteiger partial charge in [0, 0.05) is 31.0 Å². The van der Waals surface area contributed by atoms with Crippen LogP contribution >= 0.6 is 0 Å². The number of anilines is 1. The number of carbonyl (C=O) groups excluding carboxylic acids is 2. The summed E-state index contributed by atoms with van der Waals surface area (Å²) in [5.41, 5.74) is 2.73. The Morgan fingerprint density at radius 1 is 1.03 bits per heavy atom. The molecular weight excluding hydrogens is 428 g/mol. The van der Waals surface area contributed by atoms with Gasteiger partial charge in [0.1, 0.15) is 12.3 Å². The molecule has 2 aromatic carbocycles. The molecule has 178 valence electrons. The Labute approximate surface area is 200 Å². The van der Waals surface area contributed by atoms with Gasteiger partial charge in [-0.2, -0.15) is 0 Å². The summed E-state index contributed by atoms with van der Waals surface area (Å²) in [4.78, 5) is 30.3. The molecule has 0 aliphatic carbocycles. The number of rotatable bonds is 7. The van der Waals surface area contributed by atoms with Crippen molar-refractivity contribution in [3.63, 3.8) is 0 Å². The number of hydrogen-bond acceptors (Lipinski definition) is 3. The first kappa shape index (κ1) is 23.4. The molecule has 0 radical (unpaired) electrons. The van der Waals surface area contributed by atoms with Crippen LogP contribution in [0, 0.1) is 0 Å². The van der Waals surface area contributed by atoms with E-state index in [0.717, 1.165) is 17.8 Å². The average molecular weight is 461 g/mol. The zero-order valence-electron chi connectivity index (χ0n) is 20.0. The van der Waals surface area contributed by atoms with Crippen LogP contribution in [0.5, 0.6) is 5.75 Å². The highest BCUT2D eigenvalue weighted by molar-refractivity contribution is 5.94. The number of hydrogen-bond donors (Lipinski definition) is 1. The molecule has 1 unspecified atom stereocenters. The van der Waals surface area contributed by atoms with Crippen LogP contribution in [0.1, 0.15) is 38.1 Å². The first-order valence-corrected chi connectivity index (χ1v) is 11.8. The van der Waals surface area contributed by atoms with Gasteiger partial charge in [-0.25, -0.2) is 4.79 Å². The fourth-order valence-corrected chi connectivity index (χ4v) is 4.40. The number of aromatic nitrogens is 1. The van der Waals surface area contributed by atoms with Gasteiger partial charge in [0.15, 0.2) is 0 Å². The van der Waals surface area contributed by atoms with E-state index in [1.165, 1.54) is 0 Å². The Balaban J connectivity index is 1.55. The molecule has 7 heteroatoms. The van der Waals surface area contributed by atoms with Crippen molar-refractivity contribution in [1.29, 1.82) is 0 Å². The van der Waals surface area contributed by atoms with Gasteiger partial charge in [-0.3, -0.25) is 4.79 Å². The first-order chi connectivity index (χ1) is 16.5. The molecule has 3 aromatic rings. The fraction of sp³-hybridized carbons (Fsp3) is 0.333. The van der Waals surface area contributed by atoms with E-state index in [1.807, 2.05) is 80.3 Å². The molecule has 1 atom stereocenters. The highest BCUT2D eigenvalue weighted by Crippen LogP contribution is 2.32. The van der Waals surface area contributed by atoms with Gasteiger partial charge in [0.2, 0.25) is 5.91 Å². The molecule has 2 heterocycles. The van der Waals surface area contributed by atoms with E-state index in [-0.39, 0.29) is 30.6 Å². The standard InChI is InChI=1S/C27H32N4O3/c1-4-34-24-15-9-8-13-22(24)28-27(33)31(20(2)3)19-25(32)30-18-17-29-16-10-14-23(29)26(30)21-11-6-5-7-12-21/h5-16,20,26H,4,17-19H2,1-3H3,(H,28,33). The maximum atomic E-state index is 13.6. The normalized spacial score (nSPS) is 15.1. The topological polar surface area (TPSA) is 66.8 Å². The van der Waals surface area contributed by atoms with Crippen molar-refractivity contribution in [2.24, 2.45) is 0 Å². The molecule has 0 spiro atoms. The lowest BCUT2D eigenvalue weighted by atomic mass is 10.00. The molecule has 0 fully saturated rings. The number of nitrogens with zero attached hydrogens (tertiary/aromatic N) is 3. The second kappa shape index (κ2) is 10.5. The molecule has 1 N–H and O–H groups in total. The second-order valence-corrected chi connectivity index (χ2v) is 8.61.